The minimum absolute atomic E-state index is 0.240. The van der Waals surface area contributed by atoms with Crippen molar-refractivity contribution in [1.82, 2.24) is 9.78 Å². The normalized spacial score (nSPS) is 9.62. The highest BCUT2D eigenvalue weighted by Crippen LogP contribution is 1.99. The van der Waals surface area contributed by atoms with Gasteiger partial charge in [0.15, 0.2) is 0 Å². The van der Waals surface area contributed by atoms with Gasteiger partial charge in [0.2, 0.25) is 0 Å². The van der Waals surface area contributed by atoms with Crippen molar-refractivity contribution in [2.24, 2.45) is 0 Å². The lowest BCUT2D eigenvalue weighted by atomic mass is 10.4. The van der Waals surface area contributed by atoms with E-state index in [1.165, 1.54) is 19.5 Å². The van der Waals surface area contributed by atoms with Gasteiger partial charge in [-0.3, -0.25) is 9.48 Å². The maximum atomic E-state index is 10.9. The van der Waals surface area contributed by atoms with Gasteiger partial charge >= 0.3 is 11.9 Å². The van der Waals surface area contributed by atoms with Crippen molar-refractivity contribution in [3.05, 3.63) is 18.0 Å². The number of rotatable bonds is 3. The van der Waals surface area contributed by atoms with E-state index < -0.39 is 11.9 Å². The fourth-order valence-corrected chi connectivity index (χ4v) is 0.812. The van der Waals surface area contributed by atoms with Crippen LogP contribution in [0.5, 0.6) is 0 Å². The molecule has 1 aromatic rings. The fraction of sp³-hybridized carbons (Fsp3) is 0.286. The molecule has 13 heavy (non-hydrogen) atoms. The topological polar surface area (TPSA) is 81.4 Å². The molecule has 0 aliphatic carbocycles. The Morgan fingerprint density at radius 1 is 1.69 bits per heavy atom. The molecular weight excluding hydrogens is 176 g/mol. The third kappa shape index (κ3) is 2.29. The summed E-state index contributed by atoms with van der Waals surface area (Å²) in [4.78, 5) is 21.1. The zero-order valence-corrected chi connectivity index (χ0v) is 6.93. The minimum atomic E-state index is -1.01. The molecule has 0 amide bonds. The number of ether oxygens (including phenoxy) is 1. The lowest BCUT2D eigenvalue weighted by Crippen LogP contribution is -2.09. The molecule has 70 valence electrons. The van der Waals surface area contributed by atoms with Crippen LogP contribution in [0.1, 0.15) is 10.4 Å². The second-order valence-corrected chi connectivity index (χ2v) is 2.31. The van der Waals surface area contributed by atoms with E-state index in [4.69, 9.17) is 5.11 Å². The summed E-state index contributed by atoms with van der Waals surface area (Å²) < 4.78 is 5.56. The summed E-state index contributed by atoms with van der Waals surface area (Å²) in [6.07, 6.45) is 2.58. The summed E-state index contributed by atoms with van der Waals surface area (Å²) >= 11 is 0. The van der Waals surface area contributed by atoms with Crippen molar-refractivity contribution >= 4 is 11.9 Å². The van der Waals surface area contributed by atoms with Gasteiger partial charge in [-0.1, -0.05) is 0 Å². The van der Waals surface area contributed by atoms with E-state index in [0.29, 0.717) is 0 Å². The lowest BCUT2D eigenvalue weighted by Gasteiger charge is -1.93. The molecule has 0 atom stereocenters. The molecule has 6 nitrogen and oxygen atoms in total. The first kappa shape index (κ1) is 9.24. The zero-order valence-electron chi connectivity index (χ0n) is 6.93. The van der Waals surface area contributed by atoms with Gasteiger partial charge in [0.1, 0.15) is 6.54 Å². The Kier molecular flexibility index (Phi) is 2.63. The summed E-state index contributed by atoms with van der Waals surface area (Å²) in [7, 11) is 1.25. The number of carboxylic acids is 1. The number of nitrogens with zero attached hydrogens (tertiary/aromatic N) is 2. The van der Waals surface area contributed by atoms with Crippen LogP contribution in [0.4, 0.5) is 0 Å². The molecular formula is C7H8N2O4. The van der Waals surface area contributed by atoms with Gasteiger partial charge in [-0.2, -0.15) is 5.10 Å². The summed E-state index contributed by atoms with van der Waals surface area (Å²) in [6.45, 7) is -0.267. The van der Waals surface area contributed by atoms with Gasteiger partial charge in [-0.05, 0) is 0 Å². The van der Waals surface area contributed by atoms with E-state index in [0.717, 1.165) is 4.68 Å². The van der Waals surface area contributed by atoms with E-state index >= 15 is 0 Å². The molecule has 1 heterocycles. The Bertz CT molecular complexity index is 331. The highest BCUT2D eigenvalue weighted by atomic mass is 16.5. The van der Waals surface area contributed by atoms with Crippen LogP contribution in [0, 0.1) is 0 Å². The van der Waals surface area contributed by atoms with E-state index in [1.807, 2.05) is 0 Å². The maximum absolute atomic E-state index is 10.9. The van der Waals surface area contributed by atoms with Crippen LogP contribution in [-0.4, -0.2) is 33.9 Å². The predicted molar refractivity (Wildman–Crippen MR) is 41.2 cm³/mol. The number of hydrogen-bond acceptors (Lipinski definition) is 4. The Balaban J connectivity index is 2.74. The van der Waals surface area contributed by atoms with Gasteiger partial charge in [0.05, 0.1) is 18.9 Å². The molecule has 0 bridgehead atoms. The first-order valence-electron chi connectivity index (χ1n) is 3.46. The highest BCUT2D eigenvalue weighted by molar-refractivity contribution is 5.88. The van der Waals surface area contributed by atoms with E-state index in [9.17, 15) is 9.59 Å². The number of methoxy groups -OCH3 is 1. The second-order valence-electron chi connectivity index (χ2n) is 2.31. The summed E-state index contributed by atoms with van der Waals surface area (Å²) in [5.74, 6) is -1.55. The molecule has 1 N–H and O–H groups in total. The van der Waals surface area contributed by atoms with E-state index in [1.54, 1.807) is 0 Å². The molecule has 0 spiro atoms. The summed E-state index contributed by atoms with van der Waals surface area (Å²) in [6, 6.07) is 0. The van der Waals surface area contributed by atoms with Gasteiger partial charge < -0.3 is 9.84 Å². The van der Waals surface area contributed by atoms with E-state index in [-0.39, 0.29) is 12.1 Å². The highest BCUT2D eigenvalue weighted by Gasteiger charge is 2.09. The predicted octanol–water partition coefficient (Wildman–Crippen LogP) is -0.246. The monoisotopic (exact) mass is 184 g/mol. The van der Waals surface area contributed by atoms with Crippen molar-refractivity contribution in [3.8, 4) is 0 Å². The molecule has 1 rings (SSSR count). The fourth-order valence-electron chi connectivity index (χ4n) is 0.812. The van der Waals surface area contributed by atoms with Crippen LogP contribution >= 0.6 is 0 Å². The first-order valence-corrected chi connectivity index (χ1v) is 3.46. The Labute approximate surface area is 73.7 Å². The third-order valence-corrected chi connectivity index (χ3v) is 1.35. The maximum Gasteiger partial charge on any atom is 0.341 e. The van der Waals surface area contributed by atoms with Crippen molar-refractivity contribution in [1.29, 1.82) is 0 Å². The van der Waals surface area contributed by atoms with Gasteiger partial charge in [0.25, 0.3) is 0 Å². The van der Waals surface area contributed by atoms with Crippen molar-refractivity contribution in [2.45, 2.75) is 6.54 Å². The van der Waals surface area contributed by atoms with Crippen molar-refractivity contribution in [2.75, 3.05) is 7.11 Å². The summed E-state index contributed by atoms with van der Waals surface area (Å²) in [5, 5.41) is 12.1. The number of esters is 1. The number of carboxylic acid groups (broad SMARTS) is 1. The molecule has 6 heteroatoms. The standard InChI is InChI=1S/C7H8N2O4/c1-13-7(12)5-2-8-9(3-5)4-6(10)11/h2-3H,4H2,1H3,(H,10,11). The number of hydrogen-bond donors (Lipinski definition) is 1. The Hall–Kier alpha value is -1.85. The van der Waals surface area contributed by atoms with Crippen LogP contribution in [0.3, 0.4) is 0 Å². The van der Waals surface area contributed by atoms with Gasteiger partial charge in [0, 0.05) is 6.20 Å². The lowest BCUT2D eigenvalue weighted by molar-refractivity contribution is -0.137. The third-order valence-electron chi connectivity index (χ3n) is 1.35. The van der Waals surface area contributed by atoms with Crippen LogP contribution in [0.15, 0.2) is 12.4 Å². The Morgan fingerprint density at radius 2 is 2.38 bits per heavy atom. The number of carbonyl (C=O) groups excluding carboxylic acids is 1. The number of aliphatic carboxylic acids is 1. The van der Waals surface area contributed by atoms with Crippen LogP contribution in [0.25, 0.3) is 0 Å². The molecule has 0 fully saturated rings. The second kappa shape index (κ2) is 3.70. The SMILES string of the molecule is COC(=O)c1cnn(CC(=O)O)c1. The van der Waals surface area contributed by atoms with Crippen LogP contribution in [0.2, 0.25) is 0 Å². The first-order chi connectivity index (χ1) is 6.13. The smallest absolute Gasteiger partial charge is 0.341 e. The molecule has 0 saturated heterocycles. The minimum Gasteiger partial charge on any atom is -0.480 e. The molecule has 0 aliphatic rings. The average Bonchev–Trinajstić information content (AvgIpc) is 2.50. The molecule has 1 aromatic heterocycles. The number of aromatic nitrogens is 2. The van der Waals surface area contributed by atoms with Gasteiger partial charge in [-0.25, -0.2) is 4.79 Å². The molecule has 0 aliphatic heterocycles. The Morgan fingerprint density at radius 3 is 2.92 bits per heavy atom. The largest absolute Gasteiger partial charge is 0.480 e. The van der Waals surface area contributed by atoms with E-state index in [2.05, 4.69) is 9.84 Å². The van der Waals surface area contributed by atoms with Crippen LogP contribution < -0.4 is 0 Å². The zero-order chi connectivity index (χ0) is 9.84. The number of carbonyl (C=O) groups is 2. The summed E-state index contributed by atoms with van der Waals surface area (Å²) in [5.41, 5.74) is 0.240. The molecule has 0 saturated carbocycles. The van der Waals surface area contributed by atoms with Crippen molar-refractivity contribution < 1.29 is 19.4 Å². The average molecular weight is 184 g/mol. The molecule has 0 unspecified atom stereocenters. The van der Waals surface area contributed by atoms with Crippen LogP contribution in [-0.2, 0) is 16.1 Å². The molecule has 0 aromatic carbocycles. The van der Waals surface area contributed by atoms with Gasteiger partial charge in [-0.15, -0.1) is 0 Å². The van der Waals surface area contributed by atoms with Crippen molar-refractivity contribution in [3.63, 3.8) is 0 Å². The molecule has 0 radical (unpaired) electrons. The quantitative estimate of drug-likeness (QED) is 0.655.